The van der Waals surface area contributed by atoms with E-state index in [1.807, 2.05) is 30.5 Å². The summed E-state index contributed by atoms with van der Waals surface area (Å²) < 4.78 is 7.30. The van der Waals surface area contributed by atoms with Crippen molar-refractivity contribution in [2.45, 2.75) is 38.0 Å². The molecule has 0 unspecified atom stereocenters. The van der Waals surface area contributed by atoms with Gasteiger partial charge in [0.25, 0.3) is 0 Å². The molecule has 6 nitrogen and oxygen atoms in total. The van der Waals surface area contributed by atoms with E-state index in [9.17, 15) is 0 Å². The highest BCUT2D eigenvalue weighted by molar-refractivity contribution is 5.85. The maximum atomic E-state index is 9.00. The Morgan fingerprint density at radius 3 is 2.88 bits per heavy atom. The van der Waals surface area contributed by atoms with Crippen LogP contribution in [-0.2, 0) is 0 Å². The van der Waals surface area contributed by atoms with E-state index in [0.717, 1.165) is 35.4 Å². The summed E-state index contributed by atoms with van der Waals surface area (Å²) in [4.78, 5) is 9.23. The lowest BCUT2D eigenvalue weighted by atomic mass is 9.89. The van der Waals surface area contributed by atoms with Gasteiger partial charge in [-0.2, -0.15) is 0 Å². The minimum Gasteiger partial charge on any atom is -0.468 e. The molecular formula is C19H22N4O2. The number of aliphatic hydroxyl groups excluding tert-OH is 1. The van der Waals surface area contributed by atoms with Gasteiger partial charge in [0.2, 0.25) is 0 Å². The predicted molar refractivity (Wildman–Crippen MR) is 96.4 cm³/mol. The fourth-order valence-electron chi connectivity index (χ4n) is 3.74. The molecule has 0 aliphatic heterocycles. The molecule has 1 saturated carbocycles. The Kier molecular flexibility index (Phi) is 4.28. The van der Waals surface area contributed by atoms with Gasteiger partial charge >= 0.3 is 0 Å². The monoisotopic (exact) mass is 338 g/mol. The minimum atomic E-state index is -0.357. The van der Waals surface area contributed by atoms with Crippen molar-refractivity contribution in [3.05, 3.63) is 42.5 Å². The van der Waals surface area contributed by atoms with Crippen molar-refractivity contribution in [2.24, 2.45) is 0 Å². The van der Waals surface area contributed by atoms with Crippen LogP contribution in [0.4, 0.5) is 5.82 Å². The number of aliphatic hydroxyl groups is 1. The topological polar surface area (TPSA) is 85.7 Å². The van der Waals surface area contributed by atoms with Crippen molar-refractivity contribution in [1.82, 2.24) is 14.4 Å². The van der Waals surface area contributed by atoms with Crippen LogP contribution >= 0.6 is 0 Å². The Balaban J connectivity index is 1.87. The molecule has 6 heteroatoms. The third-order valence-electron chi connectivity index (χ3n) is 4.92. The van der Waals surface area contributed by atoms with E-state index in [1.165, 1.54) is 19.3 Å². The zero-order valence-corrected chi connectivity index (χ0v) is 14.1. The van der Waals surface area contributed by atoms with Crippen LogP contribution in [0.25, 0.3) is 16.8 Å². The normalized spacial score (nSPS) is 15.6. The van der Waals surface area contributed by atoms with Crippen molar-refractivity contribution in [1.29, 1.82) is 0 Å². The quantitative estimate of drug-likeness (QED) is 0.713. The standard InChI is InChI=1S/C19H22N4O2/c20-18-17-16(14-7-4-8-15(11-14)25-12-24)22-19(23(17)10-9-21-18)13-5-2-1-3-6-13/h4,7-11,13,24H,1-3,5-6,12H2,(H2,20,21). The molecule has 2 aromatic heterocycles. The molecule has 1 aliphatic rings. The van der Waals surface area contributed by atoms with Crippen LogP contribution in [0.3, 0.4) is 0 Å². The number of nitrogen functional groups attached to an aromatic ring is 1. The summed E-state index contributed by atoms with van der Waals surface area (Å²) in [5.74, 6) is 2.59. The highest BCUT2D eigenvalue weighted by Gasteiger charge is 2.24. The number of imidazole rings is 1. The minimum absolute atomic E-state index is 0.357. The van der Waals surface area contributed by atoms with Gasteiger partial charge in [-0.1, -0.05) is 31.4 Å². The fraction of sp³-hybridized carbons (Fsp3) is 0.368. The van der Waals surface area contributed by atoms with Gasteiger partial charge in [0.15, 0.2) is 6.79 Å². The van der Waals surface area contributed by atoms with Crippen LogP contribution in [0.1, 0.15) is 43.8 Å². The molecule has 0 spiro atoms. The van der Waals surface area contributed by atoms with E-state index >= 15 is 0 Å². The summed E-state index contributed by atoms with van der Waals surface area (Å²) >= 11 is 0. The number of benzene rings is 1. The highest BCUT2D eigenvalue weighted by atomic mass is 16.6. The summed E-state index contributed by atoms with van der Waals surface area (Å²) in [6.07, 6.45) is 9.79. The van der Waals surface area contributed by atoms with Gasteiger partial charge in [-0.25, -0.2) is 9.97 Å². The van der Waals surface area contributed by atoms with Crippen LogP contribution in [0.15, 0.2) is 36.7 Å². The van der Waals surface area contributed by atoms with Crippen molar-refractivity contribution in [2.75, 3.05) is 12.5 Å². The average Bonchev–Trinajstić information content (AvgIpc) is 3.04. The molecule has 0 bridgehead atoms. The summed E-state index contributed by atoms with van der Waals surface area (Å²) in [7, 11) is 0. The molecule has 3 N–H and O–H groups in total. The Hall–Kier alpha value is -2.60. The molecule has 0 atom stereocenters. The number of aromatic nitrogens is 3. The Bertz CT molecular complexity index is 884. The Morgan fingerprint density at radius 2 is 2.08 bits per heavy atom. The van der Waals surface area contributed by atoms with Crippen molar-refractivity contribution < 1.29 is 9.84 Å². The summed E-state index contributed by atoms with van der Waals surface area (Å²) in [6.45, 7) is -0.357. The largest absolute Gasteiger partial charge is 0.468 e. The summed E-state index contributed by atoms with van der Waals surface area (Å²) in [5, 5.41) is 9.00. The van der Waals surface area contributed by atoms with Gasteiger partial charge in [0.1, 0.15) is 28.6 Å². The van der Waals surface area contributed by atoms with Gasteiger partial charge in [-0.3, -0.25) is 4.40 Å². The lowest BCUT2D eigenvalue weighted by Crippen LogP contribution is -2.09. The Morgan fingerprint density at radius 1 is 1.24 bits per heavy atom. The average molecular weight is 338 g/mol. The number of nitrogens with two attached hydrogens (primary N) is 1. The Labute approximate surface area is 146 Å². The SMILES string of the molecule is Nc1nccn2c(C3CCCCC3)nc(-c3cccc(OCO)c3)c12. The summed E-state index contributed by atoms with van der Waals surface area (Å²) in [6, 6.07) is 7.54. The van der Waals surface area contributed by atoms with Crippen molar-refractivity contribution in [3.8, 4) is 17.0 Å². The molecule has 0 amide bonds. The van der Waals surface area contributed by atoms with E-state index in [2.05, 4.69) is 9.38 Å². The van der Waals surface area contributed by atoms with Gasteiger partial charge in [0.05, 0.1) is 0 Å². The maximum absolute atomic E-state index is 9.00. The maximum Gasteiger partial charge on any atom is 0.186 e. The number of rotatable bonds is 4. The fourth-order valence-corrected chi connectivity index (χ4v) is 3.74. The lowest BCUT2D eigenvalue weighted by Gasteiger charge is -2.20. The molecule has 1 aromatic carbocycles. The number of hydrogen-bond acceptors (Lipinski definition) is 5. The van der Waals surface area contributed by atoms with E-state index < -0.39 is 0 Å². The molecule has 3 aromatic rings. The van der Waals surface area contributed by atoms with Crippen LogP contribution < -0.4 is 10.5 Å². The first kappa shape index (κ1) is 15.9. The lowest BCUT2D eigenvalue weighted by molar-refractivity contribution is 0.0986. The molecule has 130 valence electrons. The van der Waals surface area contributed by atoms with E-state index in [0.29, 0.717) is 17.5 Å². The summed E-state index contributed by atoms with van der Waals surface area (Å²) in [5.41, 5.74) is 8.75. The zero-order chi connectivity index (χ0) is 17.2. The van der Waals surface area contributed by atoms with Gasteiger partial charge in [-0.15, -0.1) is 0 Å². The van der Waals surface area contributed by atoms with E-state index in [-0.39, 0.29) is 6.79 Å². The van der Waals surface area contributed by atoms with Crippen LogP contribution in [0, 0.1) is 0 Å². The zero-order valence-electron chi connectivity index (χ0n) is 14.1. The molecule has 4 rings (SSSR count). The molecule has 0 radical (unpaired) electrons. The highest BCUT2D eigenvalue weighted by Crippen LogP contribution is 2.37. The first-order valence-corrected chi connectivity index (χ1v) is 8.74. The first-order chi connectivity index (χ1) is 12.3. The molecule has 1 aliphatic carbocycles. The molecule has 25 heavy (non-hydrogen) atoms. The number of anilines is 1. The van der Waals surface area contributed by atoms with Crippen molar-refractivity contribution >= 4 is 11.3 Å². The molecule has 0 saturated heterocycles. The third kappa shape index (κ3) is 2.93. The number of fused-ring (bicyclic) bond motifs is 1. The van der Waals surface area contributed by atoms with Gasteiger partial charge < -0.3 is 15.6 Å². The van der Waals surface area contributed by atoms with Crippen LogP contribution in [0.5, 0.6) is 5.75 Å². The van der Waals surface area contributed by atoms with Crippen LogP contribution in [-0.4, -0.2) is 26.3 Å². The second-order valence-corrected chi connectivity index (χ2v) is 6.49. The second-order valence-electron chi connectivity index (χ2n) is 6.49. The number of ether oxygens (including phenoxy) is 1. The number of nitrogens with zero attached hydrogens (tertiary/aromatic N) is 3. The van der Waals surface area contributed by atoms with Gasteiger partial charge in [0, 0.05) is 23.9 Å². The molecule has 2 heterocycles. The number of hydrogen-bond donors (Lipinski definition) is 2. The predicted octanol–water partition coefficient (Wildman–Crippen LogP) is 3.35. The van der Waals surface area contributed by atoms with Crippen LogP contribution in [0.2, 0.25) is 0 Å². The van der Waals surface area contributed by atoms with Crippen molar-refractivity contribution in [3.63, 3.8) is 0 Å². The van der Waals surface area contributed by atoms with Gasteiger partial charge in [-0.05, 0) is 25.0 Å². The van der Waals surface area contributed by atoms with E-state index in [4.69, 9.17) is 20.6 Å². The smallest absolute Gasteiger partial charge is 0.186 e. The van der Waals surface area contributed by atoms with E-state index in [1.54, 1.807) is 6.20 Å². The second kappa shape index (κ2) is 6.72. The molecule has 1 fully saturated rings. The molecular weight excluding hydrogens is 316 g/mol. The third-order valence-corrected chi connectivity index (χ3v) is 4.92. The first-order valence-electron chi connectivity index (χ1n) is 8.74.